The quantitative estimate of drug-likeness (QED) is 0.926. The highest BCUT2D eigenvalue weighted by Gasteiger charge is 2.17. The minimum Gasteiger partial charge on any atom is -0.495 e. The second kappa shape index (κ2) is 5.69. The van der Waals surface area contributed by atoms with Crippen LogP contribution >= 0.6 is 22.9 Å². The van der Waals surface area contributed by atoms with E-state index in [1.165, 1.54) is 17.4 Å². The van der Waals surface area contributed by atoms with Gasteiger partial charge in [0.2, 0.25) is 0 Å². The minimum atomic E-state index is -0.782. The molecular formula is C13H12ClFO2S. The average Bonchev–Trinajstić information content (AvgIpc) is 2.81. The van der Waals surface area contributed by atoms with Crippen LogP contribution in [0.3, 0.4) is 0 Å². The molecule has 1 unspecified atom stereocenters. The largest absolute Gasteiger partial charge is 0.495 e. The van der Waals surface area contributed by atoms with Crippen molar-refractivity contribution in [1.29, 1.82) is 0 Å². The van der Waals surface area contributed by atoms with Crippen molar-refractivity contribution in [3.05, 3.63) is 50.9 Å². The van der Waals surface area contributed by atoms with E-state index in [-0.39, 0.29) is 6.42 Å². The molecule has 2 nitrogen and oxygen atoms in total. The van der Waals surface area contributed by atoms with Crippen LogP contribution in [0.5, 0.6) is 5.75 Å². The van der Waals surface area contributed by atoms with Crippen LogP contribution in [0.25, 0.3) is 0 Å². The first-order valence-corrected chi connectivity index (χ1v) is 6.61. The zero-order valence-corrected chi connectivity index (χ0v) is 11.3. The molecule has 1 aromatic carbocycles. The van der Waals surface area contributed by atoms with Crippen LogP contribution in [-0.4, -0.2) is 12.2 Å². The summed E-state index contributed by atoms with van der Waals surface area (Å²) in [7, 11) is 1.54. The Balaban J connectivity index is 2.18. The SMILES string of the molecule is COc1ccsc1C(O)Cc1ccc(Cl)cc1F. The molecule has 0 radical (unpaired) electrons. The van der Waals surface area contributed by atoms with Crippen molar-refractivity contribution in [3.8, 4) is 5.75 Å². The second-order valence-electron chi connectivity index (χ2n) is 3.81. The van der Waals surface area contributed by atoms with Gasteiger partial charge in [0.05, 0.1) is 18.1 Å². The lowest BCUT2D eigenvalue weighted by molar-refractivity contribution is 0.177. The summed E-state index contributed by atoms with van der Waals surface area (Å²) in [5.74, 6) is 0.221. The molecule has 96 valence electrons. The number of methoxy groups -OCH3 is 1. The lowest BCUT2D eigenvalue weighted by Gasteiger charge is -2.11. The Kier molecular flexibility index (Phi) is 4.22. The van der Waals surface area contributed by atoms with Gasteiger partial charge in [0.25, 0.3) is 0 Å². The Hall–Kier alpha value is -1.10. The van der Waals surface area contributed by atoms with Crippen LogP contribution in [0.4, 0.5) is 4.39 Å². The van der Waals surface area contributed by atoms with Crippen molar-refractivity contribution < 1.29 is 14.2 Å². The van der Waals surface area contributed by atoms with Crippen LogP contribution in [0.1, 0.15) is 16.5 Å². The molecule has 2 rings (SSSR count). The van der Waals surface area contributed by atoms with Gasteiger partial charge in [0, 0.05) is 11.4 Å². The fourth-order valence-electron chi connectivity index (χ4n) is 1.71. The zero-order valence-electron chi connectivity index (χ0n) is 9.69. The van der Waals surface area contributed by atoms with E-state index in [1.807, 2.05) is 5.38 Å². The first kappa shape index (κ1) is 13.3. The molecule has 0 amide bonds. The molecule has 0 spiro atoms. The van der Waals surface area contributed by atoms with Crippen molar-refractivity contribution in [1.82, 2.24) is 0 Å². The molecule has 18 heavy (non-hydrogen) atoms. The monoisotopic (exact) mass is 286 g/mol. The lowest BCUT2D eigenvalue weighted by Crippen LogP contribution is -2.03. The molecule has 0 aliphatic carbocycles. The Labute approximate surface area is 114 Å². The standard InChI is InChI=1S/C13H12ClFO2S/c1-17-12-4-5-18-13(12)11(16)6-8-2-3-9(14)7-10(8)15/h2-5,7,11,16H,6H2,1H3. The van der Waals surface area contributed by atoms with Gasteiger partial charge in [0.1, 0.15) is 11.6 Å². The molecule has 2 aromatic rings. The van der Waals surface area contributed by atoms with Gasteiger partial charge >= 0.3 is 0 Å². The topological polar surface area (TPSA) is 29.5 Å². The first-order chi connectivity index (χ1) is 8.61. The number of thiophene rings is 1. The highest BCUT2D eigenvalue weighted by Crippen LogP contribution is 2.33. The van der Waals surface area contributed by atoms with Crippen LogP contribution < -0.4 is 4.74 Å². The highest BCUT2D eigenvalue weighted by atomic mass is 35.5. The van der Waals surface area contributed by atoms with Crippen molar-refractivity contribution in [3.63, 3.8) is 0 Å². The Morgan fingerprint density at radius 1 is 1.44 bits per heavy atom. The van der Waals surface area contributed by atoms with Crippen molar-refractivity contribution >= 4 is 22.9 Å². The smallest absolute Gasteiger partial charge is 0.135 e. The average molecular weight is 287 g/mol. The van der Waals surface area contributed by atoms with Gasteiger partial charge in [-0.05, 0) is 29.1 Å². The molecule has 0 saturated heterocycles. The van der Waals surface area contributed by atoms with Gasteiger partial charge in [-0.3, -0.25) is 0 Å². The van der Waals surface area contributed by atoms with Gasteiger partial charge < -0.3 is 9.84 Å². The molecule has 1 heterocycles. The van der Waals surface area contributed by atoms with Crippen LogP contribution in [0.15, 0.2) is 29.6 Å². The maximum Gasteiger partial charge on any atom is 0.135 e. The van der Waals surface area contributed by atoms with Crippen molar-refractivity contribution in [2.24, 2.45) is 0 Å². The zero-order chi connectivity index (χ0) is 13.1. The number of aliphatic hydroxyl groups is 1. The summed E-state index contributed by atoms with van der Waals surface area (Å²) in [5, 5.41) is 12.3. The summed E-state index contributed by atoms with van der Waals surface area (Å²) in [4.78, 5) is 0.701. The van der Waals surface area contributed by atoms with Gasteiger partial charge in [-0.15, -0.1) is 11.3 Å². The Morgan fingerprint density at radius 2 is 2.22 bits per heavy atom. The van der Waals surface area contributed by atoms with E-state index in [9.17, 15) is 9.50 Å². The van der Waals surface area contributed by atoms with Crippen LogP contribution in [-0.2, 0) is 6.42 Å². The molecule has 0 saturated carbocycles. The normalized spacial score (nSPS) is 12.4. The fourth-order valence-corrected chi connectivity index (χ4v) is 2.71. The number of rotatable bonds is 4. The third kappa shape index (κ3) is 2.83. The third-order valence-electron chi connectivity index (χ3n) is 2.61. The van der Waals surface area contributed by atoms with Gasteiger partial charge in [-0.1, -0.05) is 17.7 Å². The summed E-state index contributed by atoms with van der Waals surface area (Å²) in [6.45, 7) is 0. The molecule has 1 atom stereocenters. The van der Waals surface area contributed by atoms with Crippen molar-refractivity contribution in [2.45, 2.75) is 12.5 Å². The summed E-state index contributed by atoms with van der Waals surface area (Å²) < 4.78 is 18.7. The van der Waals surface area contributed by atoms with E-state index >= 15 is 0 Å². The third-order valence-corrected chi connectivity index (χ3v) is 3.84. The first-order valence-electron chi connectivity index (χ1n) is 5.35. The number of aliphatic hydroxyl groups excluding tert-OH is 1. The molecule has 0 bridgehead atoms. The molecule has 1 aromatic heterocycles. The predicted molar refractivity (Wildman–Crippen MR) is 70.9 cm³/mol. The summed E-state index contributed by atoms with van der Waals surface area (Å²) >= 11 is 7.07. The maximum atomic E-state index is 13.6. The Bertz CT molecular complexity index is 542. The summed E-state index contributed by atoms with van der Waals surface area (Å²) in [6, 6.07) is 6.22. The van der Waals surface area contributed by atoms with Gasteiger partial charge in [-0.25, -0.2) is 4.39 Å². The highest BCUT2D eigenvalue weighted by molar-refractivity contribution is 7.10. The van der Waals surface area contributed by atoms with E-state index in [0.717, 1.165) is 0 Å². The predicted octanol–water partition coefficient (Wildman–Crippen LogP) is 3.83. The summed E-state index contributed by atoms with van der Waals surface area (Å²) in [5.41, 5.74) is 0.433. The Morgan fingerprint density at radius 3 is 2.89 bits per heavy atom. The van der Waals surface area contributed by atoms with Crippen LogP contribution in [0, 0.1) is 5.82 Å². The van der Waals surface area contributed by atoms with Gasteiger partial charge in [0.15, 0.2) is 0 Å². The van der Waals surface area contributed by atoms with Gasteiger partial charge in [-0.2, -0.15) is 0 Å². The van der Waals surface area contributed by atoms with E-state index in [1.54, 1.807) is 25.3 Å². The second-order valence-corrected chi connectivity index (χ2v) is 5.19. The number of benzene rings is 1. The summed E-state index contributed by atoms with van der Waals surface area (Å²) in [6.07, 6.45) is -0.588. The number of ether oxygens (including phenoxy) is 1. The molecule has 5 heteroatoms. The van der Waals surface area contributed by atoms with E-state index < -0.39 is 11.9 Å². The molecule has 0 aliphatic rings. The van der Waals surface area contributed by atoms with E-state index in [0.29, 0.717) is 21.2 Å². The molecular weight excluding hydrogens is 275 g/mol. The van der Waals surface area contributed by atoms with Crippen LogP contribution in [0.2, 0.25) is 5.02 Å². The molecule has 0 aliphatic heterocycles. The number of hydrogen-bond donors (Lipinski definition) is 1. The van der Waals surface area contributed by atoms with E-state index in [4.69, 9.17) is 16.3 Å². The maximum absolute atomic E-state index is 13.6. The number of hydrogen-bond acceptors (Lipinski definition) is 3. The van der Waals surface area contributed by atoms with Crippen molar-refractivity contribution in [2.75, 3.05) is 7.11 Å². The lowest BCUT2D eigenvalue weighted by atomic mass is 10.1. The number of halogens is 2. The fraction of sp³-hybridized carbons (Fsp3) is 0.231. The molecule has 0 fully saturated rings. The minimum absolute atomic E-state index is 0.194. The molecule has 1 N–H and O–H groups in total. The van der Waals surface area contributed by atoms with E-state index in [2.05, 4.69) is 0 Å².